The van der Waals surface area contributed by atoms with E-state index in [-0.39, 0.29) is 48.5 Å². The van der Waals surface area contributed by atoms with Crippen LogP contribution in [0.2, 0.25) is 0 Å². The van der Waals surface area contributed by atoms with Gasteiger partial charge in [-0.2, -0.15) is 8.78 Å². The first-order valence-electron chi connectivity index (χ1n) is 10.8. The van der Waals surface area contributed by atoms with Crippen LogP contribution >= 0.6 is 0 Å². The first-order chi connectivity index (χ1) is 16.2. The summed E-state index contributed by atoms with van der Waals surface area (Å²) in [7, 11) is 0. The van der Waals surface area contributed by atoms with E-state index in [9.17, 15) is 23.5 Å². The standard InChI is InChI=1S/C22H25F2N3O7/c1-11(25)18-17(20(28)27-6-7-31-16(9-27)21(29)30)26-19(34-18)13-4-5-14(33-22(23)24)15(8-13)32-10-12-2-3-12/h4-5,8,11-12,16,22H,2-3,6-7,9-10,25H2,1H3,(H,29,30). The van der Waals surface area contributed by atoms with Crippen molar-refractivity contribution in [2.24, 2.45) is 11.7 Å². The van der Waals surface area contributed by atoms with Gasteiger partial charge in [0, 0.05) is 12.1 Å². The van der Waals surface area contributed by atoms with Gasteiger partial charge in [0.05, 0.1) is 25.8 Å². The van der Waals surface area contributed by atoms with Gasteiger partial charge in [-0.25, -0.2) is 9.78 Å². The number of carbonyl (C=O) groups is 2. The number of amides is 1. The number of morpholine rings is 1. The summed E-state index contributed by atoms with van der Waals surface area (Å²) in [4.78, 5) is 30.0. The average molecular weight is 481 g/mol. The maximum atomic E-state index is 13.1. The molecule has 12 heteroatoms. The number of nitrogens with zero attached hydrogens (tertiary/aromatic N) is 2. The molecule has 2 fully saturated rings. The number of carbonyl (C=O) groups excluding carboxylic acids is 1. The Kier molecular flexibility index (Phi) is 6.98. The van der Waals surface area contributed by atoms with E-state index >= 15 is 0 Å². The largest absolute Gasteiger partial charge is 0.489 e. The maximum absolute atomic E-state index is 13.1. The van der Waals surface area contributed by atoms with Crippen LogP contribution in [0.4, 0.5) is 8.78 Å². The third kappa shape index (κ3) is 5.45. The number of oxazole rings is 1. The van der Waals surface area contributed by atoms with E-state index in [0.29, 0.717) is 18.1 Å². The minimum absolute atomic E-state index is 0.0403. The van der Waals surface area contributed by atoms with Crippen molar-refractivity contribution in [3.63, 3.8) is 0 Å². The summed E-state index contributed by atoms with van der Waals surface area (Å²) in [6, 6.07) is 3.55. The zero-order valence-corrected chi connectivity index (χ0v) is 18.4. The Morgan fingerprint density at radius 3 is 2.74 bits per heavy atom. The molecule has 1 aromatic heterocycles. The number of aromatic nitrogens is 1. The predicted molar refractivity (Wildman–Crippen MR) is 113 cm³/mol. The van der Waals surface area contributed by atoms with Crippen LogP contribution in [-0.4, -0.2) is 65.9 Å². The summed E-state index contributed by atoms with van der Waals surface area (Å²) >= 11 is 0. The molecule has 184 valence electrons. The molecular weight excluding hydrogens is 456 g/mol. The molecule has 1 aromatic carbocycles. The second-order valence-electron chi connectivity index (χ2n) is 8.26. The van der Waals surface area contributed by atoms with Gasteiger partial charge in [-0.05, 0) is 43.9 Å². The van der Waals surface area contributed by atoms with Crippen LogP contribution in [0.3, 0.4) is 0 Å². The van der Waals surface area contributed by atoms with Crippen molar-refractivity contribution in [3.8, 4) is 23.0 Å². The van der Waals surface area contributed by atoms with Gasteiger partial charge in [0.15, 0.2) is 29.1 Å². The summed E-state index contributed by atoms with van der Waals surface area (Å²) in [6.07, 6.45) is 0.881. The molecule has 1 saturated heterocycles. The van der Waals surface area contributed by atoms with Gasteiger partial charge in [-0.3, -0.25) is 4.79 Å². The molecule has 1 aliphatic carbocycles. The van der Waals surface area contributed by atoms with E-state index in [2.05, 4.69) is 9.72 Å². The molecule has 2 aliphatic rings. The van der Waals surface area contributed by atoms with Gasteiger partial charge < -0.3 is 34.4 Å². The van der Waals surface area contributed by atoms with Crippen molar-refractivity contribution in [2.45, 2.75) is 38.5 Å². The van der Waals surface area contributed by atoms with E-state index in [1.165, 1.54) is 23.1 Å². The molecule has 34 heavy (non-hydrogen) atoms. The van der Waals surface area contributed by atoms with Crippen molar-refractivity contribution < 1.29 is 42.1 Å². The molecule has 1 aliphatic heterocycles. The van der Waals surface area contributed by atoms with E-state index in [1.807, 2.05) is 0 Å². The zero-order chi connectivity index (χ0) is 24.4. The fourth-order valence-electron chi connectivity index (χ4n) is 3.49. The highest BCUT2D eigenvalue weighted by Crippen LogP contribution is 2.37. The lowest BCUT2D eigenvalue weighted by Crippen LogP contribution is -2.48. The third-order valence-electron chi connectivity index (χ3n) is 5.48. The van der Waals surface area contributed by atoms with Crippen molar-refractivity contribution in [2.75, 3.05) is 26.3 Å². The molecule has 2 heterocycles. The smallest absolute Gasteiger partial charge is 0.387 e. The van der Waals surface area contributed by atoms with Crippen LogP contribution < -0.4 is 15.2 Å². The predicted octanol–water partition coefficient (Wildman–Crippen LogP) is 2.68. The second-order valence-corrected chi connectivity index (χ2v) is 8.26. The van der Waals surface area contributed by atoms with E-state index < -0.39 is 30.6 Å². The third-order valence-corrected chi connectivity index (χ3v) is 5.48. The SMILES string of the molecule is CC(N)c1oc(-c2ccc(OC(F)F)c(OCC3CC3)c2)nc1C(=O)N1CCOC(C(=O)O)C1. The number of halogens is 2. The van der Waals surface area contributed by atoms with Crippen LogP contribution in [0.25, 0.3) is 11.5 Å². The number of carboxylic acid groups (broad SMARTS) is 1. The Bertz CT molecular complexity index is 1060. The minimum atomic E-state index is -3.02. The van der Waals surface area contributed by atoms with Gasteiger partial charge in [-0.1, -0.05) is 0 Å². The molecule has 4 rings (SSSR count). The van der Waals surface area contributed by atoms with Crippen molar-refractivity contribution in [3.05, 3.63) is 29.7 Å². The van der Waals surface area contributed by atoms with Crippen LogP contribution in [-0.2, 0) is 9.53 Å². The van der Waals surface area contributed by atoms with Crippen LogP contribution in [0, 0.1) is 5.92 Å². The van der Waals surface area contributed by atoms with Gasteiger partial charge >= 0.3 is 12.6 Å². The highest BCUT2D eigenvalue weighted by atomic mass is 19.3. The molecule has 2 unspecified atom stereocenters. The van der Waals surface area contributed by atoms with Crippen LogP contribution in [0.1, 0.15) is 42.1 Å². The average Bonchev–Trinajstić information content (AvgIpc) is 3.52. The molecule has 3 N–H and O–H groups in total. The zero-order valence-electron chi connectivity index (χ0n) is 18.4. The monoisotopic (exact) mass is 481 g/mol. The lowest BCUT2D eigenvalue weighted by atomic mass is 10.2. The maximum Gasteiger partial charge on any atom is 0.387 e. The normalized spacial score (nSPS) is 19.2. The fourth-order valence-corrected chi connectivity index (χ4v) is 3.49. The van der Waals surface area contributed by atoms with Gasteiger partial charge in [0.2, 0.25) is 5.89 Å². The molecular formula is C22H25F2N3O7. The van der Waals surface area contributed by atoms with Crippen molar-refractivity contribution >= 4 is 11.9 Å². The summed E-state index contributed by atoms with van der Waals surface area (Å²) in [6.45, 7) is -0.938. The Morgan fingerprint density at radius 1 is 1.32 bits per heavy atom. The topological polar surface area (TPSA) is 137 Å². The summed E-state index contributed by atoms with van der Waals surface area (Å²) < 4.78 is 46.8. The highest BCUT2D eigenvalue weighted by molar-refractivity contribution is 5.94. The number of benzene rings is 1. The molecule has 1 saturated carbocycles. The van der Waals surface area contributed by atoms with Crippen molar-refractivity contribution in [1.29, 1.82) is 0 Å². The molecule has 0 bridgehead atoms. The molecule has 1 amide bonds. The first-order valence-corrected chi connectivity index (χ1v) is 10.8. The molecule has 10 nitrogen and oxygen atoms in total. The highest BCUT2D eigenvalue weighted by Gasteiger charge is 2.33. The number of hydrogen-bond donors (Lipinski definition) is 2. The fraction of sp³-hybridized carbons (Fsp3) is 0.500. The number of hydrogen-bond acceptors (Lipinski definition) is 8. The number of rotatable bonds is 9. The molecule has 0 spiro atoms. The van der Waals surface area contributed by atoms with Gasteiger partial charge in [0.1, 0.15) is 0 Å². The Labute approximate surface area is 193 Å². The summed E-state index contributed by atoms with van der Waals surface area (Å²) in [5.41, 5.74) is 6.32. The first kappa shape index (κ1) is 23.9. The number of aliphatic carboxylic acids is 1. The number of nitrogens with two attached hydrogens (primary N) is 1. The Balaban J connectivity index is 1.63. The second kappa shape index (κ2) is 9.94. The van der Waals surface area contributed by atoms with Crippen LogP contribution in [0.5, 0.6) is 11.5 Å². The van der Waals surface area contributed by atoms with Crippen LogP contribution in [0.15, 0.2) is 22.6 Å². The number of carboxylic acids is 1. The number of ether oxygens (including phenoxy) is 3. The molecule has 0 radical (unpaired) electrons. The lowest BCUT2D eigenvalue weighted by molar-refractivity contribution is -0.154. The van der Waals surface area contributed by atoms with Gasteiger partial charge in [0.25, 0.3) is 5.91 Å². The minimum Gasteiger partial charge on any atom is -0.489 e. The van der Waals surface area contributed by atoms with E-state index in [4.69, 9.17) is 19.6 Å². The molecule has 2 atom stereocenters. The summed E-state index contributed by atoms with van der Waals surface area (Å²) in [5.74, 6) is -1.19. The van der Waals surface area contributed by atoms with E-state index in [1.54, 1.807) is 6.92 Å². The summed E-state index contributed by atoms with van der Waals surface area (Å²) in [5, 5.41) is 9.20. The van der Waals surface area contributed by atoms with Gasteiger partial charge in [-0.15, -0.1) is 0 Å². The number of alkyl halides is 2. The van der Waals surface area contributed by atoms with Crippen molar-refractivity contribution in [1.82, 2.24) is 9.88 Å². The Morgan fingerprint density at radius 2 is 2.09 bits per heavy atom. The Hall–Kier alpha value is -3.25. The lowest BCUT2D eigenvalue weighted by Gasteiger charge is -2.30. The molecule has 2 aromatic rings. The van der Waals surface area contributed by atoms with E-state index in [0.717, 1.165) is 12.8 Å². The quantitative estimate of drug-likeness (QED) is 0.554.